The first-order chi connectivity index (χ1) is 9.28. The van der Waals surface area contributed by atoms with Gasteiger partial charge in [0.05, 0.1) is 6.61 Å². The Morgan fingerprint density at radius 3 is 3.32 bits per heavy atom. The predicted octanol–water partition coefficient (Wildman–Crippen LogP) is 1.04. The van der Waals surface area contributed by atoms with Crippen LogP contribution in [0.3, 0.4) is 0 Å². The number of esters is 1. The van der Waals surface area contributed by atoms with Crippen LogP contribution >= 0.6 is 0 Å². The third kappa shape index (κ3) is 2.45. The van der Waals surface area contributed by atoms with E-state index < -0.39 is 5.97 Å². The highest BCUT2D eigenvalue weighted by molar-refractivity contribution is 5.87. The molecule has 1 aromatic heterocycles. The van der Waals surface area contributed by atoms with Crippen molar-refractivity contribution in [2.24, 2.45) is 5.92 Å². The third-order valence-corrected chi connectivity index (χ3v) is 3.85. The van der Waals surface area contributed by atoms with Crippen LogP contribution in [0.25, 0.3) is 0 Å². The van der Waals surface area contributed by atoms with Crippen molar-refractivity contribution in [2.75, 3.05) is 31.1 Å². The average molecular weight is 265 g/mol. The van der Waals surface area contributed by atoms with Gasteiger partial charge in [0, 0.05) is 19.1 Å². The highest BCUT2D eigenvalue weighted by atomic mass is 16.5. The lowest BCUT2D eigenvalue weighted by molar-refractivity contribution is 0.0519. The van der Waals surface area contributed by atoms with Gasteiger partial charge in [0.1, 0.15) is 6.26 Å². The Morgan fingerprint density at radius 2 is 2.53 bits per heavy atom. The minimum atomic E-state index is -0.424. The lowest BCUT2D eigenvalue weighted by Crippen LogP contribution is -2.40. The molecule has 0 amide bonds. The lowest BCUT2D eigenvalue weighted by Gasteiger charge is -2.24. The van der Waals surface area contributed by atoms with Gasteiger partial charge in [0.15, 0.2) is 5.69 Å². The van der Waals surface area contributed by atoms with E-state index in [0.29, 0.717) is 24.6 Å². The first kappa shape index (κ1) is 12.5. The van der Waals surface area contributed by atoms with Crippen LogP contribution in [0.5, 0.6) is 0 Å². The number of nitrogens with one attached hydrogen (secondary N) is 1. The third-order valence-electron chi connectivity index (χ3n) is 3.85. The van der Waals surface area contributed by atoms with Crippen molar-refractivity contribution in [1.82, 2.24) is 10.3 Å². The minimum absolute atomic E-state index is 0.250. The number of aromatic nitrogens is 1. The number of carbonyl (C=O) groups excluding carboxylic acids is 1. The number of hydrogen-bond donors (Lipinski definition) is 1. The van der Waals surface area contributed by atoms with Gasteiger partial charge in [0.2, 0.25) is 0 Å². The molecule has 0 spiro atoms. The maximum atomic E-state index is 11.5. The second kappa shape index (κ2) is 5.21. The molecule has 2 aliphatic rings. The van der Waals surface area contributed by atoms with Gasteiger partial charge in [-0.1, -0.05) is 0 Å². The van der Waals surface area contributed by atoms with Crippen molar-refractivity contribution in [3.63, 3.8) is 0 Å². The molecule has 6 nitrogen and oxygen atoms in total. The van der Waals surface area contributed by atoms with Gasteiger partial charge in [-0.05, 0) is 32.2 Å². The largest absolute Gasteiger partial charge is 0.461 e. The minimum Gasteiger partial charge on any atom is -0.461 e. The number of ether oxygens (including phenoxy) is 1. The molecule has 0 saturated carbocycles. The fourth-order valence-corrected chi connectivity index (χ4v) is 2.91. The molecule has 1 N–H and O–H groups in total. The quantitative estimate of drug-likeness (QED) is 0.824. The van der Waals surface area contributed by atoms with E-state index in [1.54, 1.807) is 6.92 Å². The van der Waals surface area contributed by atoms with Crippen molar-refractivity contribution >= 4 is 12.0 Å². The van der Waals surface area contributed by atoms with E-state index in [1.165, 1.54) is 19.1 Å². The zero-order chi connectivity index (χ0) is 13.2. The Bertz CT molecular complexity index is 446. The fraction of sp³-hybridized carbons (Fsp3) is 0.692. The number of fused-ring (bicyclic) bond motifs is 1. The maximum absolute atomic E-state index is 11.5. The standard InChI is InChI=1S/C13H19N3O3/c1-2-18-12(17)11-8-19-13(15-11)16-6-9-4-3-5-14-10(9)7-16/h8-10,14H,2-7H2,1H3/t9-,10+/m0/s1. The number of hydrogen-bond acceptors (Lipinski definition) is 6. The normalized spacial score (nSPS) is 26.3. The second-order valence-electron chi connectivity index (χ2n) is 5.10. The van der Waals surface area contributed by atoms with Gasteiger partial charge < -0.3 is 19.4 Å². The van der Waals surface area contributed by atoms with Gasteiger partial charge in [-0.3, -0.25) is 0 Å². The van der Waals surface area contributed by atoms with Crippen LogP contribution in [0.1, 0.15) is 30.3 Å². The Labute approximate surface area is 112 Å². The highest BCUT2D eigenvalue weighted by Crippen LogP contribution is 2.28. The predicted molar refractivity (Wildman–Crippen MR) is 69.2 cm³/mol. The summed E-state index contributed by atoms with van der Waals surface area (Å²) in [5.74, 6) is 0.235. The van der Waals surface area contributed by atoms with Crippen LogP contribution in [-0.2, 0) is 4.74 Å². The van der Waals surface area contributed by atoms with Crippen LogP contribution in [0.15, 0.2) is 10.7 Å². The first-order valence-electron chi connectivity index (χ1n) is 6.89. The van der Waals surface area contributed by atoms with Crippen molar-refractivity contribution in [1.29, 1.82) is 0 Å². The summed E-state index contributed by atoms with van der Waals surface area (Å²) in [7, 11) is 0. The average Bonchev–Trinajstić information content (AvgIpc) is 3.05. The van der Waals surface area contributed by atoms with Gasteiger partial charge in [-0.2, -0.15) is 4.98 Å². The number of piperidine rings is 1. The molecular weight excluding hydrogens is 246 g/mol. The molecular formula is C13H19N3O3. The number of oxazole rings is 1. The molecule has 104 valence electrons. The molecule has 19 heavy (non-hydrogen) atoms. The molecule has 3 heterocycles. The summed E-state index contributed by atoms with van der Waals surface area (Å²) in [5, 5.41) is 3.53. The molecule has 2 atom stereocenters. The molecule has 1 aromatic rings. The molecule has 6 heteroatoms. The van der Waals surface area contributed by atoms with E-state index in [0.717, 1.165) is 19.6 Å². The van der Waals surface area contributed by atoms with Gasteiger partial charge in [0.25, 0.3) is 6.01 Å². The maximum Gasteiger partial charge on any atom is 0.360 e. The molecule has 0 bridgehead atoms. The Hall–Kier alpha value is -1.56. The molecule has 3 rings (SSSR count). The monoisotopic (exact) mass is 265 g/mol. The Balaban J connectivity index is 1.68. The van der Waals surface area contributed by atoms with Crippen LogP contribution in [-0.4, -0.2) is 43.2 Å². The van der Waals surface area contributed by atoms with Crippen molar-refractivity contribution < 1.29 is 13.9 Å². The van der Waals surface area contributed by atoms with Crippen LogP contribution in [0, 0.1) is 5.92 Å². The summed E-state index contributed by atoms with van der Waals surface area (Å²) < 4.78 is 10.3. The molecule has 0 unspecified atom stereocenters. The molecule has 0 aliphatic carbocycles. The molecule has 0 radical (unpaired) electrons. The summed E-state index contributed by atoms with van der Waals surface area (Å²) in [5.41, 5.74) is 0.250. The summed E-state index contributed by atoms with van der Waals surface area (Å²) >= 11 is 0. The van der Waals surface area contributed by atoms with E-state index in [9.17, 15) is 4.79 Å². The van der Waals surface area contributed by atoms with Crippen LogP contribution in [0.4, 0.5) is 6.01 Å². The van der Waals surface area contributed by atoms with Gasteiger partial charge in [-0.15, -0.1) is 0 Å². The summed E-state index contributed by atoms with van der Waals surface area (Å²) in [6.07, 6.45) is 3.86. The first-order valence-corrected chi connectivity index (χ1v) is 6.89. The van der Waals surface area contributed by atoms with Crippen LogP contribution < -0.4 is 10.2 Å². The zero-order valence-corrected chi connectivity index (χ0v) is 11.1. The van der Waals surface area contributed by atoms with Gasteiger partial charge >= 0.3 is 5.97 Å². The number of nitrogens with zero attached hydrogens (tertiary/aromatic N) is 2. The van der Waals surface area contributed by atoms with E-state index in [-0.39, 0.29) is 5.69 Å². The number of carbonyl (C=O) groups is 1. The Morgan fingerprint density at radius 1 is 1.63 bits per heavy atom. The second-order valence-corrected chi connectivity index (χ2v) is 5.10. The summed E-state index contributed by atoms with van der Waals surface area (Å²) in [6.45, 7) is 5.05. The van der Waals surface area contributed by atoms with Crippen molar-refractivity contribution in [3.8, 4) is 0 Å². The van der Waals surface area contributed by atoms with E-state index in [2.05, 4.69) is 15.2 Å². The Kier molecular flexibility index (Phi) is 3.42. The molecule has 2 fully saturated rings. The summed E-state index contributed by atoms with van der Waals surface area (Å²) in [6, 6.07) is 1.05. The van der Waals surface area contributed by atoms with Crippen LogP contribution in [0.2, 0.25) is 0 Å². The van der Waals surface area contributed by atoms with E-state index >= 15 is 0 Å². The van der Waals surface area contributed by atoms with Gasteiger partial charge in [-0.25, -0.2) is 4.79 Å². The van der Waals surface area contributed by atoms with Crippen molar-refractivity contribution in [3.05, 3.63) is 12.0 Å². The highest BCUT2D eigenvalue weighted by Gasteiger charge is 2.36. The molecule has 0 aromatic carbocycles. The van der Waals surface area contributed by atoms with E-state index in [4.69, 9.17) is 9.15 Å². The SMILES string of the molecule is CCOC(=O)c1coc(N2C[C@@H]3CCCN[C@@H]3C2)n1. The molecule has 2 aliphatic heterocycles. The van der Waals surface area contributed by atoms with Crippen molar-refractivity contribution in [2.45, 2.75) is 25.8 Å². The fourth-order valence-electron chi connectivity index (χ4n) is 2.91. The van der Waals surface area contributed by atoms with E-state index in [1.807, 2.05) is 0 Å². The lowest BCUT2D eigenvalue weighted by atomic mass is 9.94. The number of rotatable bonds is 3. The zero-order valence-electron chi connectivity index (χ0n) is 11.1. The topological polar surface area (TPSA) is 67.6 Å². The molecule has 2 saturated heterocycles. The number of anilines is 1. The smallest absolute Gasteiger partial charge is 0.360 e. The summed E-state index contributed by atoms with van der Waals surface area (Å²) in [4.78, 5) is 17.9.